The molecule has 1 heterocycles. The van der Waals surface area contributed by atoms with Gasteiger partial charge >= 0.3 is 0 Å². The predicted octanol–water partition coefficient (Wildman–Crippen LogP) is 3.96. The Morgan fingerprint density at radius 2 is 1.78 bits per heavy atom. The van der Waals surface area contributed by atoms with Crippen molar-refractivity contribution in [2.24, 2.45) is 0 Å². The third-order valence-electron chi connectivity index (χ3n) is 2.73. The van der Waals surface area contributed by atoms with Crippen molar-refractivity contribution in [3.63, 3.8) is 0 Å². The summed E-state index contributed by atoms with van der Waals surface area (Å²) in [5.41, 5.74) is 6.84. The first-order valence-corrected chi connectivity index (χ1v) is 5.38. The van der Waals surface area contributed by atoms with Crippen molar-refractivity contribution in [2.75, 3.05) is 5.73 Å². The zero-order chi connectivity index (χ0) is 12.7. The second-order valence-electron chi connectivity index (χ2n) is 4.03. The van der Waals surface area contributed by atoms with Gasteiger partial charge in [0.15, 0.2) is 0 Å². The first-order valence-electron chi connectivity index (χ1n) is 5.38. The average molecular weight is 245 g/mol. The molecule has 18 heavy (non-hydrogen) atoms. The zero-order valence-electron chi connectivity index (χ0n) is 9.28. The molecule has 0 bridgehead atoms. The molecule has 0 radical (unpaired) electrons. The van der Waals surface area contributed by atoms with Gasteiger partial charge in [0, 0.05) is 11.1 Å². The number of halogens is 2. The lowest BCUT2D eigenvalue weighted by molar-refractivity contribution is 0.599. The van der Waals surface area contributed by atoms with E-state index in [4.69, 9.17) is 10.2 Å². The second-order valence-corrected chi connectivity index (χ2v) is 4.03. The quantitative estimate of drug-likeness (QED) is 0.659. The molecule has 0 saturated heterocycles. The van der Waals surface area contributed by atoms with Gasteiger partial charge in [-0.2, -0.15) is 0 Å². The van der Waals surface area contributed by atoms with Gasteiger partial charge in [-0.25, -0.2) is 8.78 Å². The highest BCUT2D eigenvalue weighted by Crippen LogP contribution is 2.31. The number of rotatable bonds is 1. The fraction of sp³-hybridized carbons (Fsp3) is 0. The van der Waals surface area contributed by atoms with E-state index < -0.39 is 5.82 Å². The molecule has 2 N–H and O–H groups in total. The first-order chi connectivity index (χ1) is 8.63. The Balaban J connectivity index is 2.22. The third-order valence-corrected chi connectivity index (χ3v) is 2.73. The van der Waals surface area contributed by atoms with E-state index >= 15 is 0 Å². The van der Waals surface area contributed by atoms with Crippen LogP contribution in [0.5, 0.6) is 0 Å². The van der Waals surface area contributed by atoms with Crippen LogP contribution in [-0.4, -0.2) is 0 Å². The lowest BCUT2D eigenvalue weighted by atomic mass is 10.1. The van der Waals surface area contributed by atoms with Gasteiger partial charge < -0.3 is 10.2 Å². The van der Waals surface area contributed by atoms with Crippen molar-refractivity contribution < 1.29 is 13.2 Å². The van der Waals surface area contributed by atoms with Crippen LogP contribution in [0, 0.1) is 11.6 Å². The Hall–Kier alpha value is -2.36. The van der Waals surface area contributed by atoms with E-state index in [9.17, 15) is 8.78 Å². The molecule has 0 aliphatic rings. The molecule has 0 aliphatic carbocycles. The van der Waals surface area contributed by atoms with Gasteiger partial charge in [-0.3, -0.25) is 0 Å². The Morgan fingerprint density at radius 3 is 2.61 bits per heavy atom. The van der Waals surface area contributed by atoms with Crippen LogP contribution >= 0.6 is 0 Å². The maximum absolute atomic E-state index is 13.7. The number of furan rings is 1. The number of nitrogen functional groups attached to an aromatic ring is 1. The van der Waals surface area contributed by atoms with Crippen LogP contribution in [0.2, 0.25) is 0 Å². The fourth-order valence-electron chi connectivity index (χ4n) is 1.88. The second kappa shape index (κ2) is 3.84. The number of hydrogen-bond acceptors (Lipinski definition) is 2. The van der Waals surface area contributed by atoms with E-state index in [1.165, 1.54) is 36.4 Å². The van der Waals surface area contributed by atoms with Crippen molar-refractivity contribution >= 4 is 16.7 Å². The lowest BCUT2D eigenvalue weighted by Gasteiger charge is -2.00. The number of anilines is 1. The minimum absolute atomic E-state index is 0.270. The normalized spacial score (nSPS) is 11.0. The molecule has 1 aromatic heterocycles. The van der Waals surface area contributed by atoms with Gasteiger partial charge in [-0.05, 0) is 42.5 Å². The topological polar surface area (TPSA) is 39.2 Å². The van der Waals surface area contributed by atoms with Crippen LogP contribution in [0.3, 0.4) is 0 Å². The summed E-state index contributed by atoms with van der Waals surface area (Å²) in [4.78, 5) is 0. The fourth-order valence-corrected chi connectivity index (χ4v) is 1.88. The Morgan fingerprint density at radius 1 is 0.944 bits per heavy atom. The molecule has 3 rings (SSSR count). The molecular weight excluding hydrogens is 236 g/mol. The highest BCUT2D eigenvalue weighted by molar-refractivity contribution is 5.83. The van der Waals surface area contributed by atoms with Crippen LogP contribution in [0.15, 0.2) is 46.9 Å². The molecule has 0 spiro atoms. The van der Waals surface area contributed by atoms with Crippen molar-refractivity contribution in [1.29, 1.82) is 0 Å². The van der Waals surface area contributed by atoms with Crippen molar-refractivity contribution in [2.45, 2.75) is 0 Å². The standard InChI is InChI=1S/C14H9F2NO/c15-9-1-4-13-8(5-9)6-14(18-13)11-7-10(17)2-3-12(11)16/h1-7H,17H2. The highest BCUT2D eigenvalue weighted by Gasteiger charge is 2.11. The summed E-state index contributed by atoms with van der Waals surface area (Å²) in [7, 11) is 0. The number of nitrogens with two attached hydrogens (primary N) is 1. The number of hydrogen-bond donors (Lipinski definition) is 1. The van der Waals surface area contributed by atoms with Gasteiger partial charge in [-0.1, -0.05) is 0 Å². The maximum atomic E-state index is 13.7. The summed E-state index contributed by atoms with van der Waals surface area (Å²) in [5.74, 6) is -0.452. The van der Waals surface area contributed by atoms with Crippen molar-refractivity contribution in [3.8, 4) is 11.3 Å². The SMILES string of the molecule is Nc1ccc(F)c(-c2cc3cc(F)ccc3o2)c1. The summed E-state index contributed by atoms with van der Waals surface area (Å²) < 4.78 is 32.2. The molecule has 0 unspecified atom stereocenters. The van der Waals surface area contributed by atoms with Crippen LogP contribution in [0.25, 0.3) is 22.3 Å². The highest BCUT2D eigenvalue weighted by atomic mass is 19.1. The summed E-state index contributed by atoms with van der Waals surface area (Å²) in [5, 5.41) is 0.590. The van der Waals surface area contributed by atoms with E-state index in [1.807, 2.05) is 0 Å². The van der Waals surface area contributed by atoms with E-state index in [-0.39, 0.29) is 11.4 Å². The molecular formula is C14H9F2NO. The average Bonchev–Trinajstić information content (AvgIpc) is 2.74. The van der Waals surface area contributed by atoms with E-state index in [0.717, 1.165) is 0 Å². The Labute approximate surface area is 102 Å². The molecule has 4 heteroatoms. The molecule has 0 atom stereocenters. The van der Waals surface area contributed by atoms with Crippen molar-refractivity contribution in [1.82, 2.24) is 0 Å². The van der Waals surface area contributed by atoms with Gasteiger partial charge in [0.05, 0.1) is 5.56 Å². The van der Waals surface area contributed by atoms with Crippen LogP contribution in [0.1, 0.15) is 0 Å². The summed E-state index contributed by atoms with van der Waals surface area (Å²) in [6.45, 7) is 0. The third kappa shape index (κ3) is 1.72. The number of benzene rings is 2. The van der Waals surface area contributed by atoms with E-state index in [0.29, 0.717) is 22.4 Å². The molecule has 90 valence electrons. The predicted molar refractivity (Wildman–Crippen MR) is 66.0 cm³/mol. The zero-order valence-corrected chi connectivity index (χ0v) is 9.28. The van der Waals surface area contributed by atoms with E-state index in [1.54, 1.807) is 6.07 Å². The van der Waals surface area contributed by atoms with Crippen LogP contribution < -0.4 is 5.73 Å². The maximum Gasteiger partial charge on any atom is 0.138 e. The summed E-state index contributed by atoms with van der Waals surface area (Å²) >= 11 is 0. The molecule has 2 aromatic carbocycles. The van der Waals surface area contributed by atoms with Crippen LogP contribution in [-0.2, 0) is 0 Å². The molecule has 0 amide bonds. The van der Waals surface area contributed by atoms with Crippen molar-refractivity contribution in [3.05, 3.63) is 54.1 Å². The first kappa shape index (κ1) is 10.8. The molecule has 0 fully saturated rings. The van der Waals surface area contributed by atoms with Gasteiger partial charge in [0.25, 0.3) is 0 Å². The van der Waals surface area contributed by atoms with Gasteiger partial charge in [0.1, 0.15) is 23.0 Å². The van der Waals surface area contributed by atoms with Gasteiger partial charge in [-0.15, -0.1) is 0 Å². The monoisotopic (exact) mass is 245 g/mol. The molecule has 0 saturated carbocycles. The van der Waals surface area contributed by atoms with E-state index in [2.05, 4.69) is 0 Å². The Bertz CT molecular complexity index is 734. The molecule has 3 aromatic rings. The van der Waals surface area contributed by atoms with Crippen LogP contribution in [0.4, 0.5) is 14.5 Å². The Kier molecular flexibility index (Phi) is 2.30. The van der Waals surface area contributed by atoms with Gasteiger partial charge in [0.2, 0.25) is 0 Å². The summed E-state index contributed by atoms with van der Waals surface area (Å²) in [6, 6.07) is 9.98. The largest absolute Gasteiger partial charge is 0.456 e. The lowest BCUT2D eigenvalue weighted by Crippen LogP contribution is -1.88. The molecule has 0 aliphatic heterocycles. The summed E-state index contributed by atoms with van der Waals surface area (Å²) in [6.07, 6.45) is 0. The minimum atomic E-state index is -0.427. The molecule has 2 nitrogen and oxygen atoms in total. The number of fused-ring (bicyclic) bond motifs is 1. The smallest absolute Gasteiger partial charge is 0.138 e. The minimum Gasteiger partial charge on any atom is -0.456 e.